The van der Waals surface area contributed by atoms with Crippen LogP contribution in [0.25, 0.3) is 11.1 Å². The SMILES string of the molecule is COc1ccc(C(=O)Nc2cccc(-c3ccsc3)c2)cn1. The van der Waals surface area contributed by atoms with E-state index >= 15 is 0 Å². The van der Waals surface area contributed by atoms with Crippen LogP contribution < -0.4 is 10.1 Å². The van der Waals surface area contributed by atoms with Gasteiger partial charge in [-0.25, -0.2) is 4.98 Å². The fourth-order valence-corrected chi connectivity index (χ4v) is 2.71. The van der Waals surface area contributed by atoms with Crippen molar-refractivity contribution in [1.29, 1.82) is 0 Å². The molecule has 0 aliphatic rings. The Morgan fingerprint density at radius 1 is 1.18 bits per heavy atom. The van der Waals surface area contributed by atoms with E-state index in [0.717, 1.165) is 16.8 Å². The number of rotatable bonds is 4. The number of hydrogen-bond donors (Lipinski definition) is 1. The van der Waals surface area contributed by atoms with Gasteiger partial charge in [0.2, 0.25) is 5.88 Å². The van der Waals surface area contributed by atoms with Gasteiger partial charge in [-0.15, -0.1) is 0 Å². The molecular formula is C17H14N2O2S. The smallest absolute Gasteiger partial charge is 0.257 e. The number of carbonyl (C=O) groups excluding carboxylic acids is 1. The summed E-state index contributed by atoms with van der Waals surface area (Å²) < 4.78 is 4.98. The van der Waals surface area contributed by atoms with E-state index in [1.165, 1.54) is 13.3 Å². The van der Waals surface area contributed by atoms with Crippen LogP contribution in [0, 0.1) is 0 Å². The predicted octanol–water partition coefficient (Wildman–Crippen LogP) is 4.07. The average molecular weight is 310 g/mol. The molecule has 0 fully saturated rings. The third kappa shape index (κ3) is 3.15. The molecule has 0 aliphatic heterocycles. The third-order valence-electron chi connectivity index (χ3n) is 3.18. The molecule has 1 aromatic carbocycles. The quantitative estimate of drug-likeness (QED) is 0.790. The summed E-state index contributed by atoms with van der Waals surface area (Å²) in [4.78, 5) is 16.3. The van der Waals surface area contributed by atoms with Crippen LogP contribution in [0.3, 0.4) is 0 Å². The van der Waals surface area contributed by atoms with Gasteiger partial charge in [0.25, 0.3) is 5.91 Å². The first kappa shape index (κ1) is 14.3. The average Bonchev–Trinajstić information content (AvgIpc) is 3.10. The maximum Gasteiger partial charge on any atom is 0.257 e. The molecule has 22 heavy (non-hydrogen) atoms. The van der Waals surface area contributed by atoms with Crippen molar-refractivity contribution in [2.75, 3.05) is 12.4 Å². The molecule has 5 heteroatoms. The van der Waals surface area contributed by atoms with Crippen LogP contribution in [0.2, 0.25) is 0 Å². The molecule has 3 rings (SSSR count). The zero-order chi connectivity index (χ0) is 15.4. The van der Waals surface area contributed by atoms with Gasteiger partial charge < -0.3 is 10.1 Å². The van der Waals surface area contributed by atoms with Gasteiger partial charge in [-0.3, -0.25) is 4.79 Å². The number of aromatic nitrogens is 1. The van der Waals surface area contributed by atoms with E-state index in [1.807, 2.05) is 29.6 Å². The van der Waals surface area contributed by atoms with Crippen LogP contribution in [0.15, 0.2) is 59.4 Å². The summed E-state index contributed by atoms with van der Waals surface area (Å²) in [5.41, 5.74) is 3.46. The number of thiophene rings is 1. The lowest BCUT2D eigenvalue weighted by atomic mass is 10.1. The Kier molecular flexibility index (Phi) is 4.16. The Balaban J connectivity index is 1.77. The van der Waals surface area contributed by atoms with Gasteiger partial charge in [0.05, 0.1) is 12.7 Å². The first-order valence-corrected chi connectivity index (χ1v) is 7.64. The second kappa shape index (κ2) is 6.41. The van der Waals surface area contributed by atoms with Gasteiger partial charge in [0.15, 0.2) is 0 Å². The van der Waals surface area contributed by atoms with Crippen LogP contribution in [0.4, 0.5) is 5.69 Å². The minimum absolute atomic E-state index is 0.197. The van der Waals surface area contributed by atoms with Gasteiger partial charge in [-0.05, 0) is 46.2 Å². The second-order valence-electron chi connectivity index (χ2n) is 4.64. The van der Waals surface area contributed by atoms with Gasteiger partial charge >= 0.3 is 0 Å². The summed E-state index contributed by atoms with van der Waals surface area (Å²) in [7, 11) is 1.54. The maximum atomic E-state index is 12.2. The lowest BCUT2D eigenvalue weighted by molar-refractivity contribution is 0.102. The molecule has 3 aromatic rings. The summed E-state index contributed by atoms with van der Waals surface area (Å²) in [5, 5.41) is 6.99. The summed E-state index contributed by atoms with van der Waals surface area (Å²) in [6.45, 7) is 0. The highest BCUT2D eigenvalue weighted by atomic mass is 32.1. The van der Waals surface area contributed by atoms with E-state index in [1.54, 1.807) is 23.5 Å². The zero-order valence-electron chi connectivity index (χ0n) is 11.9. The van der Waals surface area contributed by atoms with Crippen LogP contribution in [-0.2, 0) is 0 Å². The molecule has 1 N–H and O–H groups in total. The Morgan fingerprint density at radius 3 is 2.77 bits per heavy atom. The summed E-state index contributed by atoms with van der Waals surface area (Å²) in [5.74, 6) is 0.286. The molecule has 4 nitrogen and oxygen atoms in total. The van der Waals surface area contributed by atoms with Crippen molar-refractivity contribution in [3.63, 3.8) is 0 Å². The fourth-order valence-electron chi connectivity index (χ4n) is 2.04. The van der Waals surface area contributed by atoms with E-state index in [-0.39, 0.29) is 5.91 Å². The van der Waals surface area contributed by atoms with E-state index < -0.39 is 0 Å². The van der Waals surface area contributed by atoms with Gasteiger partial charge in [0.1, 0.15) is 0 Å². The minimum Gasteiger partial charge on any atom is -0.481 e. The van der Waals surface area contributed by atoms with E-state index in [0.29, 0.717) is 11.4 Å². The van der Waals surface area contributed by atoms with E-state index in [4.69, 9.17) is 4.74 Å². The molecule has 1 amide bonds. The molecule has 2 heterocycles. The molecule has 0 aliphatic carbocycles. The van der Waals surface area contributed by atoms with Crippen LogP contribution in [0.5, 0.6) is 5.88 Å². The van der Waals surface area contributed by atoms with Crippen molar-refractivity contribution in [1.82, 2.24) is 4.98 Å². The Hall–Kier alpha value is -2.66. The standard InChI is InChI=1S/C17H14N2O2S/c1-21-16-6-5-13(10-18-16)17(20)19-15-4-2-3-12(9-15)14-7-8-22-11-14/h2-11H,1H3,(H,19,20). The van der Waals surface area contributed by atoms with Crippen molar-refractivity contribution < 1.29 is 9.53 Å². The molecule has 0 bridgehead atoms. The van der Waals surface area contributed by atoms with Crippen molar-refractivity contribution in [3.05, 3.63) is 65.0 Å². The summed E-state index contributed by atoms with van der Waals surface area (Å²) in [6, 6.07) is 13.2. The molecule has 2 aromatic heterocycles. The number of ether oxygens (including phenoxy) is 1. The summed E-state index contributed by atoms with van der Waals surface area (Å²) in [6.07, 6.45) is 1.50. The van der Waals surface area contributed by atoms with Gasteiger partial charge in [-0.1, -0.05) is 12.1 Å². The first-order valence-electron chi connectivity index (χ1n) is 6.70. The number of nitrogens with zero attached hydrogens (tertiary/aromatic N) is 1. The number of methoxy groups -OCH3 is 1. The third-order valence-corrected chi connectivity index (χ3v) is 3.87. The number of benzene rings is 1. The van der Waals surface area contributed by atoms with E-state index in [2.05, 4.69) is 21.7 Å². The fraction of sp³-hybridized carbons (Fsp3) is 0.0588. The molecule has 0 atom stereocenters. The number of pyridine rings is 1. The van der Waals surface area contributed by atoms with Crippen molar-refractivity contribution in [3.8, 4) is 17.0 Å². The predicted molar refractivity (Wildman–Crippen MR) is 88.5 cm³/mol. The molecule has 0 radical (unpaired) electrons. The van der Waals surface area contributed by atoms with Crippen molar-refractivity contribution in [2.45, 2.75) is 0 Å². The Labute approximate surface area is 132 Å². The molecule has 0 saturated carbocycles. The molecule has 110 valence electrons. The maximum absolute atomic E-state index is 12.2. The molecule has 0 spiro atoms. The van der Waals surface area contributed by atoms with Crippen molar-refractivity contribution in [2.24, 2.45) is 0 Å². The normalized spacial score (nSPS) is 10.2. The monoisotopic (exact) mass is 310 g/mol. The highest BCUT2D eigenvalue weighted by Gasteiger charge is 2.08. The van der Waals surface area contributed by atoms with Crippen LogP contribution in [-0.4, -0.2) is 18.0 Å². The first-order chi connectivity index (χ1) is 10.8. The van der Waals surface area contributed by atoms with E-state index in [9.17, 15) is 4.79 Å². The molecule has 0 saturated heterocycles. The second-order valence-corrected chi connectivity index (χ2v) is 5.42. The largest absolute Gasteiger partial charge is 0.481 e. The number of nitrogens with one attached hydrogen (secondary N) is 1. The number of anilines is 1. The molecule has 0 unspecified atom stereocenters. The minimum atomic E-state index is -0.197. The highest BCUT2D eigenvalue weighted by molar-refractivity contribution is 7.08. The lowest BCUT2D eigenvalue weighted by Crippen LogP contribution is -2.12. The number of hydrogen-bond acceptors (Lipinski definition) is 4. The van der Waals surface area contributed by atoms with Gasteiger partial charge in [-0.2, -0.15) is 11.3 Å². The number of carbonyl (C=O) groups is 1. The number of amides is 1. The Morgan fingerprint density at radius 2 is 2.09 bits per heavy atom. The Bertz CT molecular complexity index is 768. The van der Waals surface area contributed by atoms with Crippen LogP contribution in [0.1, 0.15) is 10.4 Å². The van der Waals surface area contributed by atoms with Crippen molar-refractivity contribution >= 4 is 22.9 Å². The topological polar surface area (TPSA) is 51.2 Å². The van der Waals surface area contributed by atoms with Crippen LogP contribution >= 0.6 is 11.3 Å². The zero-order valence-corrected chi connectivity index (χ0v) is 12.8. The highest BCUT2D eigenvalue weighted by Crippen LogP contribution is 2.25. The summed E-state index contributed by atoms with van der Waals surface area (Å²) >= 11 is 1.65. The lowest BCUT2D eigenvalue weighted by Gasteiger charge is -2.07. The molecular weight excluding hydrogens is 296 g/mol. The van der Waals surface area contributed by atoms with Gasteiger partial charge in [0, 0.05) is 18.0 Å².